The van der Waals surface area contributed by atoms with E-state index in [4.69, 9.17) is 43.5 Å². The SMILES string of the molecule is Cc1cncc2oc(-c3c(Cl)nc(N)nc3NC3CC(CO)C(C)C3CCc3cncc4oc(-c5c(Cl)nc(N)nc5NC5(C)CCC6C(O)C65C)cc34)cc12. The first-order valence-corrected chi connectivity index (χ1v) is 19.8. The fraction of sp³-hybridized carbons (Fsp3) is 0.450. The third-order valence-corrected chi connectivity index (χ3v) is 14.0. The van der Waals surface area contributed by atoms with Crippen LogP contribution in [0.15, 0.2) is 45.8 Å². The van der Waals surface area contributed by atoms with Crippen LogP contribution in [0.25, 0.3) is 44.6 Å². The molecule has 9 rings (SSSR count). The number of aliphatic hydroxyl groups excluding tert-OH is 2. The van der Waals surface area contributed by atoms with E-state index in [0.717, 1.165) is 41.2 Å². The van der Waals surface area contributed by atoms with E-state index < -0.39 is 5.54 Å². The quantitative estimate of drug-likeness (QED) is 0.0749. The molecule has 8 atom stereocenters. The molecule has 3 saturated carbocycles. The molecule has 292 valence electrons. The number of rotatable bonds is 10. The van der Waals surface area contributed by atoms with Gasteiger partial charge in [-0.25, -0.2) is 9.97 Å². The Balaban J connectivity index is 1.01. The molecule has 3 fully saturated rings. The normalized spacial score (nSPS) is 28.3. The van der Waals surface area contributed by atoms with E-state index in [1.54, 1.807) is 18.6 Å². The van der Waals surface area contributed by atoms with Gasteiger partial charge in [-0.2, -0.15) is 9.97 Å². The molecule has 6 heterocycles. The minimum absolute atomic E-state index is 0.0378. The molecular formula is C40H44Cl2N10O4. The highest BCUT2D eigenvalue weighted by Crippen LogP contribution is 2.68. The number of nitrogens with two attached hydrogens (primary N) is 2. The smallest absolute Gasteiger partial charge is 0.223 e. The molecule has 8 N–H and O–H groups in total. The first-order chi connectivity index (χ1) is 26.8. The second kappa shape index (κ2) is 13.4. The lowest BCUT2D eigenvalue weighted by Crippen LogP contribution is -2.43. The van der Waals surface area contributed by atoms with E-state index in [0.29, 0.717) is 58.3 Å². The van der Waals surface area contributed by atoms with Crippen LogP contribution in [0.3, 0.4) is 0 Å². The number of halogens is 2. The Kier molecular flexibility index (Phi) is 8.84. The number of nitrogen functional groups attached to an aromatic ring is 2. The molecule has 0 spiro atoms. The number of anilines is 4. The van der Waals surface area contributed by atoms with Crippen LogP contribution < -0.4 is 22.1 Å². The summed E-state index contributed by atoms with van der Waals surface area (Å²) >= 11 is 13.5. The highest BCUT2D eigenvalue weighted by molar-refractivity contribution is 6.33. The maximum Gasteiger partial charge on any atom is 0.223 e. The van der Waals surface area contributed by atoms with E-state index in [9.17, 15) is 10.2 Å². The number of nitrogens with zero attached hydrogens (tertiary/aromatic N) is 6. The van der Waals surface area contributed by atoms with Crippen molar-refractivity contribution in [2.75, 3.05) is 28.7 Å². The second-order valence-corrected chi connectivity index (χ2v) is 17.0. The lowest BCUT2D eigenvalue weighted by molar-refractivity contribution is 0.172. The Labute approximate surface area is 332 Å². The molecule has 8 unspecified atom stereocenters. The molecule has 0 amide bonds. The van der Waals surface area contributed by atoms with Gasteiger partial charge in [0.15, 0.2) is 11.2 Å². The van der Waals surface area contributed by atoms with Crippen molar-refractivity contribution in [3.8, 4) is 22.6 Å². The molecule has 0 aliphatic heterocycles. The number of hydrogen-bond acceptors (Lipinski definition) is 14. The van der Waals surface area contributed by atoms with Crippen LogP contribution in [0.4, 0.5) is 23.5 Å². The van der Waals surface area contributed by atoms with Crippen LogP contribution in [0.2, 0.25) is 10.3 Å². The summed E-state index contributed by atoms with van der Waals surface area (Å²) in [6, 6.07) is 3.80. The molecule has 6 aromatic heterocycles. The van der Waals surface area contributed by atoms with E-state index in [-0.39, 0.29) is 70.0 Å². The zero-order chi connectivity index (χ0) is 39.3. The van der Waals surface area contributed by atoms with Crippen LogP contribution in [-0.2, 0) is 6.42 Å². The molecule has 6 aromatic rings. The lowest BCUT2D eigenvalue weighted by atomic mass is 9.84. The van der Waals surface area contributed by atoms with Crippen molar-refractivity contribution < 1.29 is 19.0 Å². The van der Waals surface area contributed by atoms with Crippen molar-refractivity contribution in [2.45, 2.75) is 77.5 Å². The predicted molar refractivity (Wildman–Crippen MR) is 216 cm³/mol. The van der Waals surface area contributed by atoms with Crippen LogP contribution >= 0.6 is 23.2 Å². The molecule has 3 aliphatic carbocycles. The standard InChI is InChI=1S/C40H44Cl2N10O4/c1-17-12-45-14-28-22(17)10-26(55-28)30-33(41)48-37(43)50-35(30)47-25-9-20(16-53)18(2)21(25)6-5-19-13-46-15-29-23(19)11-27(56-29)31-34(42)49-38(44)51-36(31)52-39(3)8-7-24-32(54)40(24,39)4/h10-15,18,20-21,24-25,32,53-54H,5-9,16H2,1-4H3,(H3,43,47,48,50)(H3,44,49,51,52). The van der Waals surface area contributed by atoms with Crippen molar-refractivity contribution in [3.63, 3.8) is 0 Å². The van der Waals surface area contributed by atoms with Crippen LogP contribution in [0, 0.1) is 36.0 Å². The second-order valence-electron chi connectivity index (χ2n) is 16.3. The average Bonchev–Trinajstić information content (AvgIpc) is 3.67. The minimum Gasteiger partial charge on any atom is -0.454 e. The van der Waals surface area contributed by atoms with Crippen molar-refractivity contribution in [1.82, 2.24) is 29.9 Å². The van der Waals surface area contributed by atoms with Crippen LogP contribution in [0.1, 0.15) is 57.6 Å². The number of nitrogens with one attached hydrogen (secondary N) is 2. The topological polar surface area (TPSA) is 220 Å². The first kappa shape index (κ1) is 36.9. The summed E-state index contributed by atoms with van der Waals surface area (Å²) in [5.74, 6) is 2.62. The highest BCUT2D eigenvalue weighted by atomic mass is 35.5. The van der Waals surface area contributed by atoms with Gasteiger partial charge in [-0.3, -0.25) is 9.97 Å². The summed E-state index contributed by atoms with van der Waals surface area (Å²) in [5.41, 5.74) is 15.7. The summed E-state index contributed by atoms with van der Waals surface area (Å²) in [6.45, 7) is 8.44. The van der Waals surface area contributed by atoms with Gasteiger partial charge in [0.1, 0.15) is 33.5 Å². The molecule has 56 heavy (non-hydrogen) atoms. The fourth-order valence-corrected chi connectivity index (χ4v) is 10.4. The number of aliphatic hydroxyl groups is 2. The molecule has 0 saturated heterocycles. The Morgan fingerprint density at radius 3 is 2.16 bits per heavy atom. The minimum atomic E-state index is -0.435. The van der Waals surface area contributed by atoms with Crippen molar-refractivity contribution in [1.29, 1.82) is 0 Å². The number of fused-ring (bicyclic) bond motifs is 3. The Hall–Kier alpha value is -4.76. The van der Waals surface area contributed by atoms with Gasteiger partial charge in [-0.1, -0.05) is 37.0 Å². The molecule has 0 aromatic carbocycles. The van der Waals surface area contributed by atoms with Crippen molar-refractivity contribution >= 4 is 68.7 Å². The van der Waals surface area contributed by atoms with Gasteiger partial charge < -0.3 is 41.1 Å². The van der Waals surface area contributed by atoms with Crippen molar-refractivity contribution in [3.05, 3.63) is 58.4 Å². The Morgan fingerprint density at radius 2 is 1.52 bits per heavy atom. The number of aromatic nitrogens is 6. The largest absolute Gasteiger partial charge is 0.454 e. The van der Waals surface area contributed by atoms with Gasteiger partial charge in [0.05, 0.1) is 29.6 Å². The third kappa shape index (κ3) is 5.83. The molecule has 14 nitrogen and oxygen atoms in total. The number of hydrogen-bond donors (Lipinski definition) is 6. The zero-order valence-corrected chi connectivity index (χ0v) is 33.0. The maximum atomic E-state index is 10.7. The van der Waals surface area contributed by atoms with E-state index in [2.05, 4.69) is 61.3 Å². The average molecular weight is 800 g/mol. The Bertz CT molecular complexity index is 2510. The molecule has 3 aliphatic rings. The van der Waals surface area contributed by atoms with Gasteiger partial charge in [0.25, 0.3) is 0 Å². The van der Waals surface area contributed by atoms with Crippen molar-refractivity contribution in [2.24, 2.45) is 29.1 Å². The summed E-state index contributed by atoms with van der Waals surface area (Å²) in [6.07, 6.45) is 10.6. The Morgan fingerprint density at radius 1 is 0.893 bits per heavy atom. The van der Waals surface area contributed by atoms with Gasteiger partial charge in [0, 0.05) is 46.8 Å². The summed E-state index contributed by atoms with van der Waals surface area (Å²) < 4.78 is 12.6. The fourth-order valence-electron chi connectivity index (χ4n) is 9.83. The van der Waals surface area contributed by atoms with Gasteiger partial charge in [0.2, 0.25) is 11.9 Å². The molecule has 0 radical (unpaired) electrons. The molecular weight excluding hydrogens is 755 g/mol. The van der Waals surface area contributed by atoms with E-state index in [1.807, 2.05) is 25.3 Å². The lowest BCUT2D eigenvalue weighted by Gasteiger charge is -2.35. The van der Waals surface area contributed by atoms with Gasteiger partial charge in [-0.05, 0) is 92.9 Å². The number of aryl methyl sites for hydroxylation is 2. The van der Waals surface area contributed by atoms with Crippen LogP contribution in [0.5, 0.6) is 0 Å². The number of pyridine rings is 2. The van der Waals surface area contributed by atoms with Gasteiger partial charge >= 0.3 is 0 Å². The molecule has 0 bridgehead atoms. The number of furan rings is 2. The van der Waals surface area contributed by atoms with Crippen LogP contribution in [-0.4, -0.2) is 64.4 Å². The third-order valence-electron chi connectivity index (χ3n) is 13.4. The molecule has 16 heteroatoms. The van der Waals surface area contributed by atoms with Gasteiger partial charge in [-0.15, -0.1) is 0 Å². The summed E-state index contributed by atoms with van der Waals surface area (Å²) in [5, 5.41) is 30.6. The monoisotopic (exact) mass is 798 g/mol. The van der Waals surface area contributed by atoms with E-state index >= 15 is 0 Å². The maximum absolute atomic E-state index is 10.7. The first-order valence-electron chi connectivity index (χ1n) is 19.0. The predicted octanol–water partition coefficient (Wildman–Crippen LogP) is 7.30. The zero-order valence-electron chi connectivity index (χ0n) is 31.5. The summed E-state index contributed by atoms with van der Waals surface area (Å²) in [4.78, 5) is 26.5. The highest BCUT2D eigenvalue weighted by Gasteiger charge is 2.73. The van der Waals surface area contributed by atoms with E-state index in [1.165, 1.54) is 0 Å². The summed E-state index contributed by atoms with van der Waals surface area (Å²) in [7, 11) is 0.